The van der Waals surface area contributed by atoms with Crippen LogP contribution in [-0.2, 0) is 28.2 Å². The van der Waals surface area contributed by atoms with Crippen molar-refractivity contribution in [3.8, 4) is 33.5 Å². The van der Waals surface area contributed by atoms with E-state index in [9.17, 15) is 19.2 Å². The number of nitrogens with zero attached hydrogens (tertiary/aromatic N) is 4. The number of alkyl carbamates (subject to hydrolysis) is 2. The van der Waals surface area contributed by atoms with Crippen molar-refractivity contribution in [2.45, 2.75) is 109 Å². The van der Waals surface area contributed by atoms with Gasteiger partial charge in [0.15, 0.2) is 0 Å². The first-order chi connectivity index (χ1) is 34.4. The quantitative estimate of drug-likeness (QED) is 0.0603. The molecule has 1 saturated carbocycles. The maximum Gasteiger partial charge on any atom is 0.466 e. The summed E-state index contributed by atoms with van der Waals surface area (Å²) < 4.78 is 27.4. The van der Waals surface area contributed by atoms with E-state index in [2.05, 4.69) is 75.2 Å². The van der Waals surface area contributed by atoms with E-state index in [1.165, 1.54) is 61.3 Å². The van der Waals surface area contributed by atoms with Gasteiger partial charge in [0.2, 0.25) is 11.8 Å². The number of aromatic nitrogens is 4. The number of rotatable bonds is 11. The maximum absolute atomic E-state index is 13.8. The number of ether oxygens (including phenoxy) is 2. The zero-order valence-electron chi connectivity index (χ0n) is 41.4. The van der Waals surface area contributed by atoms with E-state index in [0.717, 1.165) is 65.2 Å². The van der Waals surface area contributed by atoms with E-state index in [-0.39, 0.29) is 35.7 Å². The molecule has 10 N–H and O–H groups in total. The third-order valence-corrected chi connectivity index (χ3v) is 13.9. The molecule has 9 rings (SSSR count). The molecule has 6 atom stereocenters. The third kappa shape index (κ3) is 13.1. The van der Waals surface area contributed by atoms with Gasteiger partial charge in [-0.15, -0.1) is 0 Å². The minimum Gasteiger partial charge on any atom is -0.453 e. The SMILES string of the molecule is COC(=O)N[C@H](C(=O)N1CCC[C@H]1c1ncc(-c2ccc(-c3ccc(-c4ccc5nc([C@@H]6CCCN6C(=O)[C@@H](NC(=O)OC)C(C)C)[nH]c5c4)c4c3[C@H]3CC[C@@H]4C3)cc2)[nH]1)C(C)C.O=P(O)(O)O.O=P(O)(O)O. The second-order valence-electron chi connectivity index (χ2n) is 19.4. The maximum atomic E-state index is 13.8. The van der Waals surface area contributed by atoms with Crippen LogP contribution in [0.3, 0.4) is 0 Å². The zero-order valence-corrected chi connectivity index (χ0v) is 43.2. The fourth-order valence-corrected chi connectivity index (χ4v) is 10.7. The average Bonchev–Trinajstić information content (AvgIpc) is 4.20. The Bertz CT molecular complexity index is 2880. The van der Waals surface area contributed by atoms with Crippen LogP contribution in [0, 0.1) is 11.8 Å². The van der Waals surface area contributed by atoms with Gasteiger partial charge in [0.1, 0.15) is 23.7 Å². The Morgan fingerprint density at radius 2 is 1.10 bits per heavy atom. The number of aromatic amines is 2. The van der Waals surface area contributed by atoms with Gasteiger partial charge in [-0.3, -0.25) is 9.59 Å². The Morgan fingerprint density at radius 3 is 1.58 bits per heavy atom. The van der Waals surface area contributed by atoms with Crippen LogP contribution in [0.25, 0.3) is 44.5 Å². The molecule has 2 saturated heterocycles. The van der Waals surface area contributed by atoms with Gasteiger partial charge >= 0.3 is 27.8 Å². The van der Waals surface area contributed by atoms with Crippen molar-refractivity contribution in [3.63, 3.8) is 0 Å². The van der Waals surface area contributed by atoms with Crippen LogP contribution >= 0.6 is 15.6 Å². The standard InChI is InChI=1S/C49H58N8O6.2H3O4P/c1-26(2)42(54-48(60)62-5)46(58)56-21-7-9-38(56)44-50-25-37(53-44)29-13-11-28(12-14-29)33-18-19-34(41-32-16-15-31(23-32)40(33)41)30-17-20-35-36(24-30)52-45(51-35)39-10-8-22-57(39)47(59)43(27(3)4)55-49(61)63-6;2*1-5(2,3)4/h11-14,17-20,24-27,31-32,38-39,42-43H,7-10,15-16,21-23H2,1-6H3,(H,50,53)(H,51,52)(H,54,60)(H,55,61);2*(H3,1,2,3,4)/t31-,32+,38-,39-,42-,43-;;/m0../s1. The lowest BCUT2D eigenvalue weighted by atomic mass is 9.81. The van der Waals surface area contributed by atoms with Crippen LogP contribution < -0.4 is 10.6 Å². The summed E-state index contributed by atoms with van der Waals surface area (Å²) in [6, 6.07) is 18.0. The molecule has 5 aromatic rings. The molecule has 0 radical (unpaired) electrons. The molecule has 2 aliphatic carbocycles. The molecule has 4 aliphatic rings. The highest BCUT2D eigenvalue weighted by Gasteiger charge is 2.42. The molecule has 394 valence electrons. The highest BCUT2D eigenvalue weighted by Crippen LogP contribution is 2.58. The summed E-state index contributed by atoms with van der Waals surface area (Å²) in [5.74, 6) is 2.11. The first-order valence-corrected chi connectivity index (χ1v) is 27.3. The lowest BCUT2D eigenvalue weighted by molar-refractivity contribution is -0.136. The second-order valence-corrected chi connectivity index (χ2v) is 21.5. The Labute approximate surface area is 421 Å². The van der Waals surface area contributed by atoms with Crippen molar-refractivity contribution in [3.05, 3.63) is 83.6 Å². The largest absolute Gasteiger partial charge is 0.466 e. The first-order valence-electron chi connectivity index (χ1n) is 24.1. The molecule has 0 unspecified atom stereocenters. The number of amides is 4. The molecule has 0 spiro atoms. The van der Waals surface area contributed by atoms with Crippen LogP contribution in [-0.4, -0.2) is 122 Å². The Hall–Kier alpha value is -5.96. The second kappa shape index (κ2) is 22.7. The van der Waals surface area contributed by atoms with Gasteiger partial charge < -0.3 is 69.2 Å². The van der Waals surface area contributed by atoms with E-state index in [1.54, 1.807) is 0 Å². The monoisotopic (exact) mass is 1050 g/mol. The Kier molecular flexibility index (Phi) is 17.0. The number of H-pyrrole nitrogens is 2. The molecule has 4 heterocycles. The molecule has 2 aromatic heterocycles. The Morgan fingerprint density at radius 1 is 0.644 bits per heavy atom. The van der Waals surface area contributed by atoms with Gasteiger partial charge in [-0.1, -0.05) is 70.2 Å². The lowest BCUT2D eigenvalue weighted by Crippen LogP contribution is -2.51. The predicted octanol–water partition coefficient (Wildman–Crippen LogP) is 6.88. The number of imidazole rings is 2. The fourth-order valence-electron chi connectivity index (χ4n) is 10.7. The lowest BCUT2D eigenvalue weighted by Gasteiger charge is -2.30. The van der Waals surface area contributed by atoms with Crippen LogP contribution in [0.5, 0.6) is 0 Å². The minimum absolute atomic E-state index is 0.102. The number of likely N-dealkylation sites (tertiary alicyclic amines) is 2. The molecule has 2 bridgehead atoms. The van der Waals surface area contributed by atoms with Gasteiger partial charge in [-0.25, -0.2) is 28.7 Å². The number of nitrogens with one attached hydrogen (secondary N) is 4. The molecule has 22 nitrogen and oxygen atoms in total. The van der Waals surface area contributed by atoms with E-state index in [1.807, 2.05) is 43.7 Å². The van der Waals surface area contributed by atoms with Crippen molar-refractivity contribution >= 4 is 50.7 Å². The van der Waals surface area contributed by atoms with Crippen LogP contribution in [0.15, 0.2) is 60.8 Å². The highest BCUT2D eigenvalue weighted by atomic mass is 31.2. The number of carbonyl (C=O) groups excluding carboxylic acids is 4. The number of phosphoric acid groups is 2. The van der Waals surface area contributed by atoms with E-state index >= 15 is 0 Å². The summed E-state index contributed by atoms with van der Waals surface area (Å²) in [5.41, 5.74) is 11.5. The molecule has 24 heteroatoms. The minimum atomic E-state index is -4.64. The van der Waals surface area contributed by atoms with Gasteiger partial charge in [0.05, 0.1) is 49.2 Å². The van der Waals surface area contributed by atoms with Crippen LogP contribution in [0.2, 0.25) is 0 Å². The first kappa shape index (κ1) is 54.8. The summed E-state index contributed by atoms with van der Waals surface area (Å²) in [7, 11) is -6.67. The van der Waals surface area contributed by atoms with Gasteiger partial charge in [0.25, 0.3) is 0 Å². The summed E-state index contributed by atoms with van der Waals surface area (Å²) in [4.78, 5) is 115. The number of methoxy groups -OCH3 is 2. The number of fused-ring (bicyclic) bond motifs is 6. The average molecular weight is 1050 g/mol. The van der Waals surface area contributed by atoms with E-state index < -0.39 is 39.9 Å². The third-order valence-electron chi connectivity index (χ3n) is 13.9. The number of hydrogen-bond acceptors (Lipinski definition) is 10. The summed E-state index contributed by atoms with van der Waals surface area (Å²) in [6.45, 7) is 8.88. The van der Waals surface area contributed by atoms with Crippen molar-refractivity contribution in [1.29, 1.82) is 0 Å². The van der Waals surface area contributed by atoms with Crippen LogP contribution in [0.4, 0.5) is 9.59 Å². The Balaban J connectivity index is 0.000000713. The number of carbonyl (C=O) groups is 4. The molecule has 3 fully saturated rings. The highest BCUT2D eigenvalue weighted by molar-refractivity contribution is 7.45. The van der Waals surface area contributed by atoms with Gasteiger partial charge in [-0.05, 0) is 120 Å². The van der Waals surface area contributed by atoms with Gasteiger partial charge in [0, 0.05) is 13.1 Å². The zero-order chi connectivity index (χ0) is 53.1. The molecule has 73 heavy (non-hydrogen) atoms. The molecule has 3 aromatic carbocycles. The van der Waals surface area contributed by atoms with Crippen molar-refractivity contribution in [2.24, 2.45) is 11.8 Å². The van der Waals surface area contributed by atoms with Crippen molar-refractivity contribution < 1.29 is 67.1 Å². The van der Waals surface area contributed by atoms with E-state index in [0.29, 0.717) is 24.9 Å². The summed E-state index contributed by atoms with van der Waals surface area (Å²) >= 11 is 0. The van der Waals surface area contributed by atoms with Crippen molar-refractivity contribution in [2.75, 3.05) is 27.3 Å². The molecular formula is C49H64N8O14P2. The smallest absolute Gasteiger partial charge is 0.453 e. The topological polar surface area (TPSA) is 330 Å². The summed E-state index contributed by atoms with van der Waals surface area (Å²) in [5, 5.41) is 5.46. The predicted molar refractivity (Wildman–Crippen MR) is 268 cm³/mol. The van der Waals surface area contributed by atoms with Gasteiger partial charge in [-0.2, -0.15) is 0 Å². The van der Waals surface area contributed by atoms with Crippen LogP contribution in [0.1, 0.15) is 119 Å². The van der Waals surface area contributed by atoms with Crippen molar-refractivity contribution in [1.82, 2.24) is 40.4 Å². The molecular weight excluding hydrogens is 987 g/mol. The molecule has 4 amide bonds. The number of hydrogen-bond donors (Lipinski definition) is 10. The van der Waals surface area contributed by atoms with E-state index in [4.69, 9.17) is 57.9 Å². The normalized spacial score (nSPS) is 20.0. The molecule has 2 aliphatic heterocycles. The fraction of sp³-hybridized carbons (Fsp3) is 0.469. The summed E-state index contributed by atoms with van der Waals surface area (Å²) in [6.07, 6.45) is 7.49. The number of benzene rings is 3.